The highest BCUT2D eigenvalue weighted by Crippen LogP contribution is 2.39. The van der Waals surface area contributed by atoms with E-state index in [4.69, 9.17) is 4.74 Å². The fourth-order valence-electron chi connectivity index (χ4n) is 5.27. The summed E-state index contributed by atoms with van der Waals surface area (Å²) in [5, 5.41) is 9.98. The van der Waals surface area contributed by atoms with Crippen LogP contribution in [0.25, 0.3) is 11.1 Å². The Labute approximate surface area is 239 Å². The molecule has 1 unspecified atom stereocenters. The van der Waals surface area contributed by atoms with Crippen LogP contribution in [0, 0.1) is 6.92 Å². The number of nitrogens with zero attached hydrogens (tertiary/aromatic N) is 3. The molecule has 0 spiro atoms. The molecule has 3 aromatic rings. The van der Waals surface area contributed by atoms with Crippen LogP contribution in [0.5, 0.6) is 0 Å². The number of aromatic nitrogens is 1. The first-order valence-corrected chi connectivity index (χ1v) is 13.9. The number of carbonyl (C=O) groups excluding carboxylic acids is 1. The number of hydrogen-bond donors (Lipinski definition) is 1. The summed E-state index contributed by atoms with van der Waals surface area (Å²) in [6.45, 7) is 10.3. The second kappa shape index (κ2) is 12.7. The summed E-state index contributed by atoms with van der Waals surface area (Å²) >= 11 is 0. The molecular weight excluding hydrogens is 531 g/mol. The lowest BCUT2D eigenvalue weighted by atomic mass is 9.92. The van der Waals surface area contributed by atoms with Crippen molar-refractivity contribution in [2.75, 3.05) is 19.6 Å². The molecule has 0 amide bonds. The smallest absolute Gasteiger partial charge is 0.421 e. The monoisotopic (exact) mass is 569 g/mol. The molecule has 6 nitrogen and oxygen atoms in total. The number of benzene rings is 2. The van der Waals surface area contributed by atoms with Crippen LogP contribution in [0.2, 0.25) is 0 Å². The molecule has 1 aliphatic rings. The lowest BCUT2D eigenvalue weighted by Crippen LogP contribution is -2.53. The molecule has 1 aromatic heterocycles. The van der Waals surface area contributed by atoms with Crippen molar-refractivity contribution in [2.24, 2.45) is 0 Å². The first-order chi connectivity index (χ1) is 19.3. The normalized spacial score (nSPS) is 18.3. The molecule has 1 N–H and O–H groups in total. The van der Waals surface area contributed by atoms with E-state index in [0.29, 0.717) is 13.0 Å². The van der Waals surface area contributed by atoms with Crippen molar-refractivity contribution in [3.05, 3.63) is 89.2 Å². The lowest BCUT2D eigenvalue weighted by molar-refractivity contribution is -0.258. The predicted octanol–water partition coefficient (Wildman–Crippen LogP) is 5.85. The average molecular weight is 570 g/mol. The number of carbonyl (C=O) groups is 1. The molecule has 0 radical (unpaired) electrons. The maximum absolute atomic E-state index is 13.2. The highest BCUT2D eigenvalue weighted by Gasteiger charge is 2.51. The molecule has 41 heavy (non-hydrogen) atoms. The van der Waals surface area contributed by atoms with Gasteiger partial charge in [0.05, 0.1) is 12.5 Å². The maximum Gasteiger partial charge on any atom is 0.421 e. The Kier molecular flexibility index (Phi) is 9.51. The highest BCUT2D eigenvalue weighted by molar-refractivity contribution is 5.70. The summed E-state index contributed by atoms with van der Waals surface area (Å²) in [7, 11) is 0. The van der Waals surface area contributed by atoms with E-state index in [2.05, 4.69) is 20.9 Å². The van der Waals surface area contributed by atoms with Gasteiger partial charge in [0.25, 0.3) is 0 Å². The van der Waals surface area contributed by atoms with Crippen molar-refractivity contribution in [2.45, 2.75) is 71.1 Å². The number of rotatable bonds is 9. The molecule has 0 aliphatic carbocycles. The fourth-order valence-corrected chi connectivity index (χ4v) is 5.27. The molecule has 4 rings (SSSR count). The Morgan fingerprint density at radius 1 is 1.02 bits per heavy atom. The number of ether oxygens (including phenoxy) is 1. The van der Waals surface area contributed by atoms with Gasteiger partial charge < -0.3 is 9.84 Å². The third-order valence-electron chi connectivity index (χ3n) is 7.60. The second-order valence-electron chi connectivity index (χ2n) is 11.3. The van der Waals surface area contributed by atoms with Gasteiger partial charge in [0.15, 0.2) is 5.60 Å². The Hall–Kier alpha value is -3.27. The SMILES string of the molecule is Cc1cc(CN2CCN(Cc3ccncc3)C[C@@H]2CC(=O)OC(C)C)ccc1-c1ccc(C(C)(O)C(F)(F)F)cc1. The number of halogens is 3. The summed E-state index contributed by atoms with van der Waals surface area (Å²) in [5.74, 6) is -0.208. The number of piperazine rings is 1. The van der Waals surface area contributed by atoms with Crippen LogP contribution in [0.15, 0.2) is 67.0 Å². The standard InChI is InChI=1S/C32H38F3N3O3/c1-22(2)41-30(39)18-28-21-37(19-24-11-13-36-14-12-24)15-16-38(28)20-25-5-10-29(23(3)17-25)26-6-8-27(9-7-26)31(4,40)32(33,34)35/h5-14,17,22,28,40H,15-16,18-21H2,1-4H3/t28-,31?/m0/s1. The Morgan fingerprint density at radius 2 is 1.71 bits per heavy atom. The first kappa shape index (κ1) is 30.7. The summed E-state index contributed by atoms with van der Waals surface area (Å²) in [6, 6.07) is 15.9. The van der Waals surface area contributed by atoms with Crippen LogP contribution >= 0.6 is 0 Å². The van der Waals surface area contributed by atoms with Gasteiger partial charge in [-0.15, -0.1) is 0 Å². The van der Waals surface area contributed by atoms with Crippen LogP contribution in [-0.2, 0) is 28.2 Å². The molecule has 220 valence electrons. The minimum atomic E-state index is -4.76. The molecule has 0 bridgehead atoms. The van der Waals surface area contributed by atoms with Crippen LogP contribution in [0.1, 0.15) is 49.4 Å². The van der Waals surface area contributed by atoms with Gasteiger partial charge in [0.2, 0.25) is 0 Å². The minimum absolute atomic E-state index is 0.00853. The zero-order valence-electron chi connectivity index (χ0n) is 24.0. The number of aliphatic hydroxyl groups is 1. The van der Waals surface area contributed by atoms with Gasteiger partial charge >= 0.3 is 12.1 Å². The zero-order valence-corrected chi connectivity index (χ0v) is 24.0. The molecule has 9 heteroatoms. The molecule has 1 fully saturated rings. The van der Waals surface area contributed by atoms with E-state index in [1.54, 1.807) is 24.5 Å². The van der Waals surface area contributed by atoms with Crippen molar-refractivity contribution in [1.29, 1.82) is 0 Å². The van der Waals surface area contributed by atoms with E-state index < -0.39 is 11.8 Å². The van der Waals surface area contributed by atoms with E-state index in [1.807, 2.05) is 45.0 Å². The number of hydrogen-bond acceptors (Lipinski definition) is 6. The van der Waals surface area contributed by atoms with E-state index in [-0.39, 0.29) is 23.7 Å². The highest BCUT2D eigenvalue weighted by atomic mass is 19.4. The summed E-state index contributed by atoms with van der Waals surface area (Å²) in [4.78, 5) is 21.4. The van der Waals surface area contributed by atoms with Crippen LogP contribution < -0.4 is 0 Å². The van der Waals surface area contributed by atoms with Gasteiger partial charge in [0, 0.05) is 51.2 Å². The third-order valence-corrected chi connectivity index (χ3v) is 7.60. The van der Waals surface area contributed by atoms with E-state index in [9.17, 15) is 23.1 Å². The number of esters is 1. The maximum atomic E-state index is 13.2. The number of alkyl halides is 3. The quantitative estimate of drug-likeness (QED) is 0.326. The molecule has 1 saturated heterocycles. The van der Waals surface area contributed by atoms with Crippen LogP contribution in [0.3, 0.4) is 0 Å². The molecule has 2 aromatic carbocycles. The van der Waals surface area contributed by atoms with Crippen molar-refractivity contribution in [1.82, 2.24) is 14.8 Å². The zero-order chi connectivity index (χ0) is 29.8. The van der Waals surface area contributed by atoms with Crippen LogP contribution in [-0.4, -0.2) is 63.8 Å². The number of pyridine rings is 1. The fraction of sp³-hybridized carbons (Fsp3) is 0.438. The molecule has 0 saturated carbocycles. The molecule has 2 atom stereocenters. The molecule has 1 aliphatic heterocycles. The van der Waals surface area contributed by atoms with Gasteiger partial charge in [-0.25, -0.2) is 0 Å². The predicted molar refractivity (Wildman–Crippen MR) is 152 cm³/mol. The number of aryl methyl sites for hydroxylation is 1. The van der Waals surface area contributed by atoms with Gasteiger partial charge in [-0.2, -0.15) is 13.2 Å². The topological polar surface area (TPSA) is 65.9 Å². The summed E-state index contributed by atoms with van der Waals surface area (Å²) in [5.41, 5.74) is 1.83. The summed E-state index contributed by atoms with van der Waals surface area (Å²) < 4.78 is 45.2. The van der Waals surface area contributed by atoms with E-state index in [1.165, 1.54) is 17.7 Å². The Balaban J connectivity index is 1.48. The van der Waals surface area contributed by atoms with Gasteiger partial charge in [-0.3, -0.25) is 19.6 Å². The van der Waals surface area contributed by atoms with Gasteiger partial charge in [-0.1, -0.05) is 42.5 Å². The summed E-state index contributed by atoms with van der Waals surface area (Å²) in [6.07, 6.45) is -1.06. The van der Waals surface area contributed by atoms with E-state index in [0.717, 1.165) is 55.4 Å². The van der Waals surface area contributed by atoms with Gasteiger partial charge in [-0.05, 0) is 73.2 Å². The van der Waals surface area contributed by atoms with Crippen LogP contribution in [0.4, 0.5) is 13.2 Å². The lowest BCUT2D eigenvalue weighted by Gasteiger charge is -2.41. The van der Waals surface area contributed by atoms with E-state index >= 15 is 0 Å². The average Bonchev–Trinajstić information content (AvgIpc) is 2.90. The second-order valence-corrected chi connectivity index (χ2v) is 11.3. The van der Waals surface area contributed by atoms with Crippen molar-refractivity contribution in [3.8, 4) is 11.1 Å². The van der Waals surface area contributed by atoms with Gasteiger partial charge in [0.1, 0.15) is 0 Å². The minimum Gasteiger partial charge on any atom is -0.463 e. The van der Waals surface area contributed by atoms with Crippen molar-refractivity contribution in [3.63, 3.8) is 0 Å². The first-order valence-electron chi connectivity index (χ1n) is 13.9. The van der Waals surface area contributed by atoms with Crippen molar-refractivity contribution < 1.29 is 27.8 Å². The molecule has 2 heterocycles. The Morgan fingerprint density at radius 3 is 2.32 bits per heavy atom. The largest absolute Gasteiger partial charge is 0.463 e. The van der Waals surface area contributed by atoms with Crippen molar-refractivity contribution >= 4 is 5.97 Å². The Bertz CT molecular complexity index is 1310. The molecular formula is C32H38F3N3O3. The third kappa shape index (κ3) is 7.72.